The molecule has 1 heterocycles. The van der Waals surface area contributed by atoms with Gasteiger partial charge in [0, 0.05) is 12.6 Å². The van der Waals surface area contributed by atoms with Crippen molar-refractivity contribution in [2.24, 2.45) is 7.05 Å². The van der Waals surface area contributed by atoms with E-state index in [1.54, 1.807) is 7.05 Å². The first-order valence-electron chi connectivity index (χ1n) is 4.43. The summed E-state index contributed by atoms with van der Waals surface area (Å²) in [7, 11) is 1.63. The Hall–Kier alpha value is -1.62. The van der Waals surface area contributed by atoms with E-state index < -0.39 is 17.3 Å². The van der Waals surface area contributed by atoms with E-state index in [4.69, 9.17) is 17.3 Å². The summed E-state index contributed by atoms with van der Waals surface area (Å²) in [4.78, 5) is 3.81. The number of aromatic nitrogens is 2. The maximum absolute atomic E-state index is 13.7. The number of nitrogen functional groups attached to an aromatic ring is 1. The number of hydrogen-bond acceptors (Lipinski definition) is 2. The Morgan fingerprint density at radius 3 is 2.62 bits per heavy atom. The van der Waals surface area contributed by atoms with Crippen LogP contribution in [0.15, 0.2) is 18.3 Å². The van der Waals surface area contributed by atoms with E-state index in [9.17, 15) is 8.78 Å². The molecular weight excluding hydrogens is 236 g/mol. The highest BCUT2D eigenvalue weighted by Crippen LogP contribution is 2.29. The van der Waals surface area contributed by atoms with Crippen molar-refractivity contribution in [1.82, 2.24) is 9.55 Å². The van der Waals surface area contributed by atoms with Gasteiger partial charge in [0.25, 0.3) is 0 Å². The van der Waals surface area contributed by atoms with Gasteiger partial charge < -0.3 is 10.3 Å². The molecule has 0 aliphatic heterocycles. The maximum Gasteiger partial charge on any atom is 0.202 e. The Balaban J connectivity index is 2.66. The van der Waals surface area contributed by atoms with E-state index in [-0.39, 0.29) is 10.8 Å². The number of anilines is 1. The molecule has 0 saturated heterocycles. The van der Waals surface area contributed by atoms with Crippen molar-refractivity contribution in [2.45, 2.75) is 0 Å². The third kappa shape index (κ3) is 1.53. The number of nitrogens with two attached hydrogens (primary N) is 1. The van der Waals surface area contributed by atoms with Crippen LogP contribution >= 0.6 is 11.6 Å². The molecule has 0 radical (unpaired) electrons. The highest BCUT2D eigenvalue weighted by atomic mass is 35.5. The topological polar surface area (TPSA) is 43.8 Å². The molecule has 0 saturated carbocycles. The second kappa shape index (κ2) is 3.75. The summed E-state index contributed by atoms with van der Waals surface area (Å²) in [5, 5.41) is 0.220. The smallest absolute Gasteiger partial charge is 0.202 e. The molecule has 0 atom stereocenters. The van der Waals surface area contributed by atoms with Crippen molar-refractivity contribution in [3.63, 3.8) is 0 Å². The minimum absolute atomic E-state index is 0.167. The molecule has 0 fully saturated rings. The molecule has 0 unspecified atom stereocenters. The summed E-state index contributed by atoms with van der Waals surface area (Å²) in [5.41, 5.74) is 5.37. The first kappa shape index (κ1) is 10.9. The lowest BCUT2D eigenvalue weighted by atomic mass is 10.1. The SMILES string of the molecule is Cn1c(-c2ccc(F)c(N)c2F)cnc1Cl. The van der Waals surface area contributed by atoms with E-state index in [0.717, 1.165) is 6.07 Å². The van der Waals surface area contributed by atoms with Crippen LogP contribution in [0.5, 0.6) is 0 Å². The van der Waals surface area contributed by atoms with E-state index in [0.29, 0.717) is 5.69 Å². The average molecular weight is 244 g/mol. The number of benzene rings is 1. The molecule has 16 heavy (non-hydrogen) atoms. The van der Waals surface area contributed by atoms with Gasteiger partial charge in [-0.15, -0.1) is 0 Å². The van der Waals surface area contributed by atoms with Crippen molar-refractivity contribution in [1.29, 1.82) is 0 Å². The van der Waals surface area contributed by atoms with Crippen LogP contribution in [0.1, 0.15) is 0 Å². The summed E-state index contributed by atoms with van der Waals surface area (Å²) < 4.78 is 28.1. The second-order valence-corrected chi connectivity index (χ2v) is 3.63. The summed E-state index contributed by atoms with van der Waals surface area (Å²) in [5.74, 6) is -1.59. The normalized spacial score (nSPS) is 10.8. The van der Waals surface area contributed by atoms with Crippen LogP contribution in [-0.4, -0.2) is 9.55 Å². The zero-order valence-electron chi connectivity index (χ0n) is 8.34. The predicted octanol–water partition coefficient (Wildman–Crippen LogP) is 2.60. The van der Waals surface area contributed by atoms with E-state index in [1.165, 1.54) is 16.8 Å². The third-order valence-electron chi connectivity index (χ3n) is 2.33. The predicted molar refractivity (Wildman–Crippen MR) is 58.0 cm³/mol. The third-order valence-corrected chi connectivity index (χ3v) is 2.69. The molecule has 6 heteroatoms. The Bertz CT molecular complexity index is 551. The van der Waals surface area contributed by atoms with Crippen LogP contribution in [0, 0.1) is 11.6 Å². The summed E-state index contributed by atoms with van der Waals surface area (Å²) >= 11 is 5.73. The van der Waals surface area contributed by atoms with Crippen LogP contribution in [0.3, 0.4) is 0 Å². The van der Waals surface area contributed by atoms with Crippen molar-refractivity contribution in [3.05, 3.63) is 35.2 Å². The van der Waals surface area contributed by atoms with Gasteiger partial charge in [0.2, 0.25) is 5.28 Å². The van der Waals surface area contributed by atoms with Gasteiger partial charge in [-0.2, -0.15) is 0 Å². The fraction of sp³-hybridized carbons (Fsp3) is 0.100. The largest absolute Gasteiger partial charge is 0.394 e. The van der Waals surface area contributed by atoms with Crippen molar-refractivity contribution < 1.29 is 8.78 Å². The minimum Gasteiger partial charge on any atom is -0.394 e. The van der Waals surface area contributed by atoms with Gasteiger partial charge in [-0.05, 0) is 23.7 Å². The first-order valence-corrected chi connectivity index (χ1v) is 4.81. The summed E-state index contributed by atoms with van der Waals surface area (Å²) in [6, 6.07) is 2.41. The number of imidazole rings is 1. The highest BCUT2D eigenvalue weighted by Gasteiger charge is 2.15. The molecule has 1 aromatic heterocycles. The fourth-order valence-electron chi connectivity index (χ4n) is 1.40. The van der Waals surface area contributed by atoms with Crippen LogP contribution in [-0.2, 0) is 7.05 Å². The summed E-state index contributed by atoms with van der Waals surface area (Å²) in [6.45, 7) is 0. The fourth-order valence-corrected chi connectivity index (χ4v) is 1.54. The Morgan fingerprint density at radius 2 is 2.06 bits per heavy atom. The lowest BCUT2D eigenvalue weighted by molar-refractivity contribution is 0.593. The van der Waals surface area contributed by atoms with Gasteiger partial charge in [-0.25, -0.2) is 13.8 Å². The van der Waals surface area contributed by atoms with Crippen LogP contribution in [0.25, 0.3) is 11.3 Å². The average Bonchev–Trinajstić information content (AvgIpc) is 2.58. The molecular formula is C10H8ClF2N3. The van der Waals surface area contributed by atoms with Gasteiger partial charge in [0.05, 0.1) is 11.9 Å². The highest BCUT2D eigenvalue weighted by molar-refractivity contribution is 6.28. The molecule has 3 nitrogen and oxygen atoms in total. The Kier molecular flexibility index (Phi) is 2.55. The van der Waals surface area contributed by atoms with E-state index in [1.807, 2.05) is 0 Å². The standard InChI is InChI=1S/C10H8ClF2N3/c1-16-7(4-15-10(16)11)5-2-3-6(12)9(14)8(5)13/h2-4H,14H2,1H3. The van der Waals surface area contributed by atoms with Crippen LogP contribution in [0.4, 0.5) is 14.5 Å². The van der Waals surface area contributed by atoms with Crippen molar-refractivity contribution in [3.8, 4) is 11.3 Å². The zero-order valence-corrected chi connectivity index (χ0v) is 9.09. The molecule has 0 aliphatic carbocycles. The molecule has 0 spiro atoms. The molecule has 84 valence electrons. The lowest BCUT2D eigenvalue weighted by Gasteiger charge is -2.07. The molecule has 0 amide bonds. The van der Waals surface area contributed by atoms with Gasteiger partial charge >= 0.3 is 0 Å². The number of halogens is 3. The molecule has 2 rings (SSSR count). The van der Waals surface area contributed by atoms with E-state index in [2.05, 4.69) is 4.98 Å². The van der Waals surface area contributed by atoms with Gasteiger partial charge in [0.15, 0.2) is 5.82 Å². The monoisotopic (exact) mass is 243 g/mol. The van der Waals surface area contributed by atoms with Crippen molar-refractivity contribution >= 4 is 17.3 Å². The number of nitrogens with zero attached hydrogens (tertiary/aromatic N) is 2. The Labute approximate surface area is 95.5 Å². The second-order valence-electron chi connectivity index (χ2n) is 3.29. The summed E-state index contributed by atoms with van der Waals surface area (Å²) in [6.07, 6.45) is 1.40. The van der Waals surface area contributed by atoms with Crippen LogP contribution < -0.4 is 5.73 Å². The van der Waals surface area contributed by atoms with Gasteiger partial charge in [0.1, 0.15) is 11.5 Å². The van der Waals surface area contributed by atoms with E-state index >= 15 is 0 Å². The lowest BCUT2D eigenvalue weighted by Crippen LogP contribution is -2.00. The van der Waals surface area contributed by atoms with Crippen molar-refractivity contribution in [2.75, 3.05) is 5.73 Å². The zero-order chi connectivity index (χ0) is 11.9. The molecule has 0 aliphatic rings. The number of hydrogen-bond donors (Lipinski definition) is 1. The quantitative estimate of drug-likeness (QED) is 0.783. The minimum atomic E-state index is -0.806. The molecule has 2 N–H and O–H groups in total. The molecule has 0 bridgehead atoms. The molecule has 2 aromatic rings. The Morgan fingerprint density at radius 1 is 1.38 bits per heavy atom. The molecule has 1 aromatic carbocycles. The first-order chi connectivity index (χ1) is 7.52. The maximum atomic E-state index is 13.7. The van der Waals surface area contributed by atoms with Crippen LogP contribution in [0.2, 0.25) is 5.28 Å². The number of rotatable bonds is 1. The van der Waals surface area contributed by atoms with Gasteiger partial charge in [-0.3, -0.25) is 0 Å². The van der Waals surface area contributed by atoms with Gasteiger partial charge in [-0.1, -0.05) is 0 Å².